The van der Waals surface area contributed by atoms with Gasteiger partial charge < -0.3 is 9.84 Å². The van der Waals surface area contributed by atoms with Gasteiger partial charge in [-0.15, -0.1) is 0 Å². The maximum Gasteiger partial charge on any atom is 0.416 e. The highest BCUT2D eigenvalue weighted by Crippen LogP contribution is 2.37. The van der Waals surface area contributed by atoms with Gasteiger partial charge in [-0.1, -0.05) is 6.08 Å². The number of allylic oxidation sites excluding steroid dienone is 1. The van der Waals surface area contributed by atoms with Crippen LogP contribution < -0.4 is 0 Å². The van der Waals surface area contributed by atoms with Gasteiger partial charge in [0.25, 0.3) is 0 Å². The number of aliphatic hydroxyl groups excluding tert-OH is 1. The molecular weight excluding hydrogens is 366 g/mol. The van der Waals surface area contributed by atoms with Crippen molar-refractivity contribution >= 4 is 5.97 Å². The molecule has 1 atom stereocenters. The first-order valence-electron chi connectivity index (χ1n) is 7.61. The monoisotopic (exact) mass is 384 g/mol. The van der Waals surface area contributed by atoms with Crippen molar-refractivity contribution in [3.05, 3.63) is 46.5 Å². The smallest absolute Gasteiger partial charge is 0.416 e. The molecule has 1 aromatic rings. The minimum atomic E-state index is -4.88. The zero-order valence-electron chi connectivity index (χ0n) is 14.0. The third-order valence-electron chi connectivity index (χ3n) is 3.58. The van der Waals surface area contributed by atoms with Crippen molar-refractivity contribution in [3.63, 3.8) is 0 Å². The van der Waals surface area contributed by atoms with Crippen LogP contribution in [0.2, 0.25) is 0 Å². The Morgan fingerprint density at radius 3 is 1.88 bits per heavy atom. The molecule has 0 spiro atoms. The van der Waals surface area contributed by atoms with E-state index in [1.54, 1.807) is 0 Å². The molecule has 1 unspecified atom stereocenters. The lowest BCUT2D eigenvalue weighted by molar-refractivity contribution is -0.143. The molecule has 0 heterocycles. The molecule has 2 rings (SSSR count). The lowest BCUT2D eigenvalue weighted by atomic mass is 10.0. The van der Waals surface area contributed by atoms with Gasteiger partial charge >= 0.3 is 18.3 Å². The lowest BCUT2D eigenvalue weighted by Crippen LogP contribution is -2.12. The quantitative estimate of drug-likeness (QED) is 0.574. The Hall–Kier alpha value is -2.03. The van der Waals surface area contributed by atoms with Crippen molar-refractivity contribution in [1.82, 2.24) is 0 Å². The second-order valence-corrected chi connectivity index (χ2v) is 5.63. The highest BCUT2D eigenvalue weighted by atomic mass is 19.4. The molecule has 1 N–H and O–H groups in total. The summed E-state index contributed by atoms with van der Waals surface area (Å²) in [6.07, 6.45) is -6.19. The van der Waals surface area contributed by atoms with Gasteiger partial charge in [0.1, 0.15) is 0 Å². The van der Waals surface area contributed by atoms with Crippen LogP contribution in [0.15, 0.2) is 29.8 Å². The first-order valence-corrected chi connectivity index (χ1v) is 7.61. The molecular formula is C17H18F6O3. The molecule has 1 aliphatic rings. The van der Waals surface area contributed by atoms with Crippen LogP contribution in [0.25, 0.3) is 0 Å². The molecule has 9 heteroatoms. The van der Waals surface area contributed by atoms with Gasteiger partial charge in [0.05, 0.1) is 24.3 Å². The molecule has 26 heavy (non-hydrogen) atoms. The zero-order valence-corrected chi connectivity index (χ0v) is 14.0. The normalized spacial score (nSPS) is 15.7. The SMILES string of the molecule is CC(O)c1cc(C(F)(F)F)cc(C(F)(F)F)c1.COC(=O)C1=CCCC1. The second kappa shape index (κ2) is 8.57. The average Bonchev–Trinajstić information content (AvgIpc) is 3.07. The number of alkyl halides is 6. The van der Waals surface area contributed by atoms with Crippen LogP contribution in [0.3, 0.4) is 0 Å². The minimum Gasteiger partial charge on any atom is -0.466 e. The van der Waals surface area contributed by atoms with Crippen LogP contribution in [-0.2, 0) is 21.9 Å². The number of hydrogen-bond donors (Lipinski definition) is 1. The van der Waals surface area contributed by atoms with Gasteiger partial charge in [0, 0.05) is 5.57 Å². The highest BCUT2D eigenvalue weighted by Gasteiger charge is 2.37. The number of esters is 1. The van der Waals surface area contributed by atoms with E-state index in [0.717, 1.165) is 31.8 Å². The van der Waals surface area contributed by atoms with Crippen molar-refractivity contribution in [2.45, 2.75) is 44.6 Å². The summed E-state index contributed by atoms with van der Waals surface area (Å²) in [6.45, 7) is 1.09. The van der Waals surface area contributed by atoms with Gasteiger partial charge in [-0.2, -0.15) is 26.3 Å². The summed E-state index contributed by atoms with van der Waals surface area (Å²) in [7, 11) is 1.42. The van der Waals surface area contributed by atoms with Crippen LogP contribution in [-0.4, -0.2) is 18.2 Å². The number of carbonyl (C=O) groups is 1. The van der Waals surface area contributed by atoms with Crippen molar-refractivity contribution in [2.75, 3.05) is 7.11 Å². The maximum absolute atomic E-state index is 12.4. The van der Waals surface area contributed by atoms with Crippen LogP contribution in [0.1, 0.15) is 49.0 Å². The van der Waals surface area contributed by atoms with Gasteiger partial charge in [0.2, 0.25) is 0 Å². The van der Waals surface area contributed by atoms with E-state index in [4.69, 9.17) is 5.11 Å². The molecule has 1 aliphatic carbocycles. The predicted molar refractivity (Wildman–Crippen MR) is 81.0 cm³/mol. The molecule has 0 saturated carbocycles. The summed E-state index contributed by atoms with van der Waals surface area (Å²) in [5, 5.41) is 9.07. The molecule has 3 nitrogen and oxygen atoms in total. The first-order chi connectivity index (χ1) is 11.9. The van der Waals surface area contributed by atoms with Crippen LogP contribution >= 0.6 is 0 Å². The number of ether oxygens (including phenoxy) is 1. The van der Waals surface area contributed by atoms with E-state index >= 15 is 0 Å². The second-order valence-electron chi connectivity index (χ2n) is 5.63. The van der Waals surface area contributed by atoms with Gasteiger partial charge in [-0.3, -0.25) is 0 Å². The average molecular weight is 384 g/mol. The Labute approximate surface area is 146 Å². The third-order valence-corrected chi connectivity index (χ3v) is 3.58. The number of hydrogen-bond acceptors (Lipinski definition) is 3. The summed E-state index contributed by atoms with van der Waals surface area (Å²) >= 11 is 0. The predicted octanol–water partition coefficient (Wildman–Crippen LogP) is 5.05. The molecule has 146 valence electrons. The van der Waals surface area contributed by atoms with Gasteiger partial charge in [0.15, 0.2) is 0 Å². The maximum atomic E-state index is 12.4. The molecule has 0 bridgehead atoms. The molecule has 0 aliphatic heterocycles. The molecule has 0 amide bonds. The van der Waals surface area contributed by atoms with Crippen molar-refractivity contribution in [1.29, 1.82) is 0 Å². The summed E-state index contributed by atoms with van der Waals surface area (Å²) in [6, 6.07) is 1.02. The number of benzene rings is 1. The van der Waals surface area contributed by atoms with E-state index in [0.29, 0.717) is 12.1 Å². The van der Waals surface area contributed by atoms with E-state index in [2.05, 4.69) is 4.74 Å². The van der Waals surface area contributed by atoms with E-state index < -0.39 is 35.1 Å². The Balaban J connectivity index is 0.000000314. The fraction of sp³-hybridized carbons (Fsp3) is 0.471. The Morgan fingerprint density at radius 2 is 1.58 bits per heavy atom. The lowest BCUT2D eigenvalue weighted by Gasteiger charge is -2.15. The summed E-state index contributed by atoms with van der Waals surface area (Å²) in [5.41, 5.74) is -2.43. The number of rotatable bonds is 2. The fourth-order valence-corrected chi connectivity index (χ4v) is 2.21. The van der Waals surface area contributed by atoms with E-state index in [-0.39, 0.29) is 12.0 Å². The van der Waals surface area contributed by atoms with Crippen molar-refractivity contribution < 1.29 is 41.0 Å². The Bertz CT molecular complexity index is 627. The van der Waals surface area contributed by atoms with Crippen LogP contribution in [0.4, 0.5) is 26.3 Å². The standard InChI is InChI=1S/C10H8F6O.C7H10O2/c1-5(17)6-2-7(9(11,12)13)4-8(3-6)10(14,15)16;1-9-7(8)6-4-2-3-5-6/h2-5,17H,1H3;4H,2-3,5H2,1H3. The molecule has 0 radical (unpaired) electrons. The molecule has 0 fully saturated rings. The molecule has 0 aromatic heterocycles. The zero-order chi connectivity index (χ0) is 20.1. The summed E-state index contributed by atoms with van der Waals surface area (Å²) in [5.74, 6) is -0.160. The van der Waals surface area contributed by atoms with Crippen LogP contribution in [0, 0.1) is 0 Å². The Morgan fingerprint density at radius 1 is 1.08 bits per heavy atom. The largest absolute Gasteiger partial charge is 0.466 e. The Kier molecular flexibility index (Phi) is 7.25. The van der Waals surface area contributed by atoms with Gasteiger partial charge in [-0.25, -0.2) is 4.79 Å². The molecule has 0 saturated heterocycles. The first kappa shape index (κ1) is 22.0. The van der Waals surface area contributed by atoms with E-state index in [1.165, 1.54) is 7.11 Å². The van der Waals surface area contributed by atoms with E-state index in [9.17, 15) is 31.1 Å². The summed E-state index contributed by atoms with van der Waals surface area (Å²) < 4.78 is 78.6. The van der Waals surface area contributed by atoms with Crippen molar-refractivity contribution in [3.8, 4) is 0 Å². The third kappa shape index (κ3) is 6.36. The van der Waals surface area contributed by atoms with Gasteiger partial charge in [-0.05, 0) is 49.9 Å². The minimum absolute atomic E-state index is 0.0197. The highest BCUT2D eigenvalue weighted by molar-refractivity contribution is 5.88. The number of carbonyl (C=O) groups excluding carboxylic acids is 1. The topological polar surface area (TPSA) is 46.5 Å². The summed E-state index contributed by atoms with van der Waals surface area (Å²) in [4.78, 5) is 10.7. The van der Waals surface area contributed by atoms with Crippen LogP contribution in [0.5, 0.6) is 0 Å². The molecule has 1 aromatic carbocycles. The van der Waals surface area contributed by atoms with Crippen molar-refractivity contribution in [2.24, 2.45) is 0 Å². The van der Waals surface area contributed by atoms with E-state index in [1.807, 2.05) is 6.08 Å². The number of aliphatic hydroxyl groups is 1. The number of halogens is 6. The fourth-order valence-electron chi connectivity index (χ4n) is 2.21. The number of methoxy groups -OCH3 is 1.